The lowest BCUT2D eigenvalue weighted by Gasteiger charge is -2.17. The van der Waals surface area contributed by atoms with Crippen LogP contribution in [0.1, 0.15) is 47.0 Å². The quantitative estimate of drug-likeness (QED) is 0.579. The molecule has 0 heterocycles. The van der Waals surface area contributed by atoms with E-state index in [0.29, 0.717) is 12.0 Å². The highest BCUT2D eigenvalue weighted by molar-refractivity contribution is 4.57. The van der Waals surface area contributed by atoms with Crippen LogP contribution in [0.15, 0.2) is 0 Å². The Bertz CT molecular complexity index is 117. The average Bonchev–Trinajstić information content (AvgIpc) is 2.16. The van der Waals surface area contributed by atoms with Crippen LogP contribution in [0, 0.1) is 5.92 Å². The third-order valence-corrected chi connectivity index (χ3v) is 2.31. The Morgan fingerprint density at radius 3 is 2.43 bits per heavy atom. The van der Waals surface area contributed by atoms with E-state index in [1.54, 1.807) is 0 Å². The van der Waals surface area contributed by atoms with E-state index < -0.39 is 0 Å². The average molecular weight is 201 g/mol. The molecule has 2 heteroatoms. The molecule has 0 aliphatic heterocycles. The van der Waals surface area contributed by atoms with E-state index in [-0.39, 0.29) is 0 Å². The molecule has 0 spiro atoms. The molecule has 0 rings (SSSR count). The van der Waals surface area contributed by atoms with Crippen molar-refractivity contribution in [2.45, 2.75) is 53.1 Å². The summed E-state index contributed by atoms with van der Waals surface area (Å²) in [6.45, 7) is 11.8. The molecule has 2 unspecified atom stereocenters. The molecule has 0 aromatic rings. The van der Waals surface area contributed by atoms with Crippen molar-refractivity contribution in [1.82, 2.24) is 5.32 Å². The molecule has 0 amide bonds. The van der Waals surface area contributed by atoms with Gasteiger partial charge >= 0.3 is 0 Å². The maximum Gasteiger partial charge on any atom is 0.0671 e. The van der Waals surface area contributed by atoms with Crippen LogP contribution in [0.2, 0.25) is 0 Å². The number of nitrogens with one attached hydrogen (secondary N) is 1. The van der Waals surface area contributed by atoms with Crippen molar-refractivity contribution in [3.05, 3.63) is 0 Å². The fourth-order valence-electron chi connectivity index (χ4n) is 1.45. The SMILES string of the molecule is CCCNCC(C)OCC(C)CCC. The molecule has 0 radical (unpaired) electrons. The molecule has 0 aliphatic carbocycles. The molecule has 0 aliphatic rings. The summed E-state index contributed by atoms with van der Waals surface area (Å²) in [5.41, 5.74) is 0. The fraction of sp³-hybridized carbons (Fsp3) is 1.00. The Hall–Kier alpha value is -0.0800. The summed E-state index contributed by atoms with van der Waals surface area (Å²) in [6.07, 6.45) is 4.07. The summed E-state index contributed by atoms with van der Waals surface area (Å²) < 4.78 is 5.74. The first-order valence-electron chi connectivity index (χ1n) is 6.03. The van der Waals surface area contributed by atoms with Gasteiger partial charge in [-0.25, -0.2) is 0 Å². The van der Waals surface area contributed by atoms with Gasteiger partial charge in [0.1, 0.15) is 0 Å². The zero-order chi connectivity index (χ0) is 10.8. The summed E-state index contributed by atoms with van der Waals surface area (Å²) in [5.74, 6) is 0.702. The first-order valence-corrected chi connectivity index (χ1v) is 6.03. The molecule has 2 nitrogen and oxygen atoms in total. The monoisotopic (exact) mass is 201 g/mol. The number of hydrogen-bond acceptors (Lipinski definition) is 2. The normalized spacial score (nSPS) is 15.4. The Kier molecular flexibility index (Phi) is 9.42. The standard InChI is InChI=1S/C12H27NO/c1-5-7-11(3)10-14-12(4)9-13-8-6-2/h11-13H,5-10H2,1-4H3. The molecular formula is C12H27NO. The maximum absolute atomic E-state index is 5.74. The minimum atomic E-state index is 0.348. The second-order valence-electron chi connectivity index (χ2n) is 4.24. The lowest BCUT2D eigenvalue weighted by Crippen LogP contribution is -2.28. The van der Waals surface area contributed by atoms with Crippen LogP contribution in [0.25, 0.3) is 0 Å². The molecule has 2 atom stereocenters. The van der Waals surface area contributed by atoms with E-state index >= 15 is 0 Å². The summed E-state index contributed by atoms with van der Waals surface area (Å²) in [6, 6.07) is 0. The minimum Gasteiger partial charge on any atom is -0.377 e. The molecule has 0 aromatic carbocycles. The number of rotatable bonds is 9. The molecule has 0 fully saturated rings. The molecular weight excluding hydrogens is 174 g/mol. The molecule has 0 aromatic heterocycles. The van der Waals surface area contributed by atoms with Crippen LogP contribution < -0.4 is 5.32 Å². The van der Waals surface area contributed by atoms with Crippen molar-refractivity contribution in [3.63, 3.8) is 0 Å². The van der Waals surface area contributed by atoms with E-state index in [2.05, 4.69) is 33.0 Å². The van der Waals surface area contributed by atoms with Crippen LogP contribution in [-0.2, 0) is 4.74 Å². The van der Waals surface area contributed by atoms with Gasteiger partial charge in [-0.05, 0) is 32.2 Å². The van der Waals surface area contributed by atoms with Crippen LogP contribution in [0.3, 0.4) is 0 Å². The van der Waals surface area contributed by atoms with E-state index in [9.17, 15) is 0 Å². The van der Waals surface area contributed by atoms with Gasteiger partial charge < -0.3 is 10.1 Å². The van der Waals surface area contributed by atoms with Crippen LogP contribution >= 0.6 is 0 Å². The maximum atomic E-state index is 5.74. The topological polar surface area (TPSA) is 21.3 Å². The largest absolute Gasteiger partial charge is 0.377 e. The summed E-state index contributed by atoms with van der Waals surface area (Å²) in [5, 5.41) is 3.37. The minimum absolute atomic E-state index is 0.348. The third kappa shape index (κ3) is 8.52. The fourth-order valence-corrected chi connectivity index (χ4v) is 1.45. The van der Waals surface area contributed by atoms with Crippen molar-refractivity contribution in [1.29, 1.82) is 0 Å². The Balaban J connectivity index is 3.29. The molecule has 0 saturated heterocycles. The Morgan fingerprint density at radius 2 is 1.86 bits per heavy atom. The number of hydrogen-bond donors (Lipinski definition) is 1. The zero-order valence-corrected chi connectivity index (χ0v) is 10.3. The van der Waals surface area contributed by atoms with E-state index in [0.717, 1.165) is 19.7 Å². The van der Waals surface area contributed by atoms with Gasteiger partial charge in [0, 0.05) is 13.2 Å². The summed E-state index contributed by atoms with van der Waals surface area (Å²) in [4.78, 5) is 0. The van der Waals surface area contributed by atoms with Crippen molar-refractivity contribution < 1.29 is 4.74 Å². The molecule has 1 N–H and O–H groups in total. The van der Waals surface area contributed by atoms with Gasteiger partial charge in [0.2, 0.25) is 0 Å². The highest BCUT2D eigenvalue weighted by atomic mass is 16.5. The highest BCUT2D eigenvalue weighted by Crippen LogP contribution is 2.06. The highest BCUT2D eigenvalue weighted by Gasteiger charge is 2.05. The van der Waals surface area contributed by atoms with Gasteiger partial charge in [0.05, 0.1) is 6.10 Å². The Labute approximate surface area is 89.4 Å². The lowest BCUT2D eigenvalue weighted by molar-refractivity contribution is 0.0423. The molecule has 86 valence electrons. The summed E-state index contributed by atoms with van der Waals surface area (Å²) >= 11 is 0. The van der Waals surface area contributed by atoms with Crippen molar-refractivity contribution >= 4 is 0 Å². The van der Waals surface area contributed by atoms with Crippen molar-refractivity contribution in [3.8, 4) is 0 Å². The number of ether oxygens (including phenoxy) is 1. The zero-order valence-electron chi connectivity index (χ0n) is 10.3. The predicted molar refractivity (Wildman–Crippen MR) is 62.6 cm³/mol. The second kappa shape index (κ2) is 9.47. The van der Waals surface area contributed by atoms with Crippen LogP contribution in [0.4, 0.5) is 0 Å². The van der Waals surface area contributed by atoms with E-state index in [4.69, 9.17) is 4.74 Å². The van der Waals surface area contributed by atoms with E-state index in [1.165, 1.54) is 19.3 Å². The van der Waals surface area contributed by atoms with Crippen LogP contribution in [0.5, 0.6) is 0 Å². The van der Waals surface area contributed by atoms with Crippen molar-refractivity contribution in [2.24, 2.45) is 5.92 Å². The van der Waals surface area contributed by atoms with Gasteiger partial charge in [0.15, 0.2) is 0 Å². The first-order chi connectivity index (χ1) is 6.70. The van der Waals surface area contributed by atoms with Gasteiger partial charge in [-0.1, -0.05) is 27.2 Å². The van der Waals surface area contributed by atoms with Crippen LogP contribution in [-0.4, -0.2) is 25.8 Å². The molecule has 0 saturated carbocycles. The smallest absolute Gasteiger partial charge is 0.0671 e. The van der Waals surface area contributed by atoms with Gasteiger partial charge in [-0.15, -0.1) is 0 Å². The predicted octanol–water partition coefficient (Wildman–Crippen LogP) is 2.83. The van der Waals surface area contributed by atoms with E-state index in [1.807, 2.05) is 0 Å². The second-order valence-corrected chi connectivity index (χ2v) is 4.24. The van der Waals surface area contributed by atoms with Gasteiger partial charge in [0.25, 0.3) is 0 Å². The first kappa shape index (κ1) is 13.9. The van der Waals surface area contributed by atoms with Gasteiger partial charge in [-0.2, -0.15) is 0 Å². The molecule has 14 heavy (non-hydrogen) atoms. The summed E-state index contributed by atoms with van der Waals surface area (Å²) in [7, 11) is 0. The third-order valence-electron chi connectivity index (χ3n) is 2.31. The lowest BCUT2D eigenvalue weighted by atomic mass is 10.1. The van der Waals surface area contributed by atoms with Crippen molar-refractivity contribution in [2.75, 3.05) is 19.7 Å². The molecule has 0 bridgehead atoms. The Morgan fingerprint density at radius 1 is 1.14 bits per heavy atom. The van der Waals surface area contributed by atoms with Gasteiger partial charge in [-0.3, -0.25) is 0 Å².